The number of aliphatic imine (C=N–C) groups is 1. The summed E-state index contributed by atoms with van der Waals surface area (Å²) in [4.78, 5) is 20.2. The quantitative estimate of drug-likeness (QED) is 0.303. The van der Waals surface area contributed by atoms with E-state index in [9.17, 15) is 25.2 Å². The molecule has 2 bridgehead atoms. The van der Waals surface area contributed by atoms with E-state index in [0.717, 1.165) is 29.7 Å². The number of hydrogen-bond donors (Lipinski definition) is 5. The van der Waals surface area contributed by atoms with Gasteiger partial charge in [0.05, 0.1) is 6.61 Å². The third-order valence-electron chi connectivity index (χ3n) is 7.49. The first kappa shape index (κ1) is 25.6. The number of pyridine rings is 1. The SMILES string of the molecule is CC=C1C2C=C(C)CC1(N=Cc1ccc(O[C@@H]3O[C@H](CO)[C@@H](O)[C@@H](O)[C@H]3O)cc1)c1ccc(=O)[nH]c1C2. The molecule has 196 valence electrons. The predicted molar refractivity (Wildman–Crippen MR) is 136 cm³/mol. The molecule has 0 radical (unpaired) electrons. The van der Waals surface area contributed by atoms with Gasteiger partial charge in [-0.25, -0.2) is 0 Å². The summed E-state index contributed by atoms with van der Waals surface area (Å²) in [6, 6.07) is 10.5. The molecular formula is C28H32N2O7. The van der Waals surface area contributed by atoms with Gasteiger partial charge in [-0.05, 0) is 61.7 Å². The van der Waals surface area contributed by atoms with Gasteiger partial charge in [-0.15, -0.1) is 0 Å². The number of H-pyrrole nitrogens is 1. The van der Waals surface area contributed by atoms with Crippen LogP contribution in [0.15, 0.2) is 69.5 Å². The minimum atomic E-state index is -1.51. The van der Waals surface area contributed by atoms with Gasteiger partial charge in [0.15, 0.2) is 0 Å². The molecule has 1 aromatic heterocycles. The first-order valence-electron chi connectivity index (χ1n) is 12.4. The van der Waals surface area contributed by atoms with Crippen LogP contribution in [0.1, 0.15) is 37.1 Å². The van der Waals surface area contributed by atoms with Crippen molar-refractivity contribution in [2.45, 2.75) is 62.9 Å². The minimum Gasteiger partial charge on any atom is -0.462 e. The third kappa shape index (κ3) is 4.58. The van der Waals surface area contributed by atoms with E-state index >= 15 is 0 Å². The minimum absolute atomic E-state index is 0.115. The Morgan fingerprint density at radius 3 is 2.59 bits per heavy atom. The highest BCUT2D eigenvalue weighted by Crippen LogP contribution is 2.51. The summed E-state index contributed by atoms with van der Waals surface area (Å²) >= 11 is 0. The molecule has 3 aliphatic rings. The van der Waals surface area contributed by atoms with Crippen LogP contribution in [0, 0.1) is 5.92 Å². The number of rotatable bonds is 5. The van der Waals surface area contributed by atoms with Crippen LogP contribution in [0.25, 0.3) is 0 Å². The number of nitrogens with one attached hydrogen (secondary N) is 1. The number of ether oxygens (including phenoxy) is 2. The topological polar surface area (TPSA) is 145 Å². The molecule has 1 fully saturated rings. The van der Waals surface area contributed by atoms with Gasteiger partial charge in [0.25, 0.3) is 0 Å². The third-order valence-corrected chi connectivity index (χ3v) is 7.49. The fourth-order valence-corrected chi connectivity index (χ4v) is 5.77. The lowest BCUT2D eigenvalue weighted by Crippen LogP contribution is -2.60. The highest BCUT2D eigenvalue weighted by Gasteiger charge is 2.47. The van der Waals surface area contributed by atoms with E-state index in [1.54, 1.807) is 18.2 Å². The van der Waals surface area contributed by atoms with Crippen molar-refractivity contribution < 1.29 is 29.9 Å². The maximum absolute atomic E-state index is 12.0. The standard InChI is InChI=1S/C28H32N2O7/c1-3-19-17-10-15(2)12-28(19,20-8-9-23(32)30-21(20)11-17)29-13-16-4-6-18(7-5-16)36-27-26(35)25(34)24(33)22(14-31)37-27/h3-10,13,17,22,24-27,31,33-35H,11-12,14H2,1-2H3,(H,30,32)/t17?,22-,24-,25-,26-,27-,28?/m1/s1. The average Bonchev–Trinajstić information content (AvgIpc) is 2.88. The van der Waals surface area contributed by atoms with Crippen LogP contribution in [0.5, 0.6) is 5.75 Å². The molecule has 1 aliphatic heterocycles. The fraction of sp³-hybridized carbons (Fsp3) is 0.429. The number of aliphatic hydroxyl groups is 4. The Morgan fingerprint density at radius 1 is 1.14 bits per heavy atom. The molecule has 5 rings (SSSR count). The summed E-state index contributed by atoms with van der Waals surface area (Å²) in [7, 11) is 0. The molecule has 7 atom stereocenters. The number of allylic oxidation sites excluding steroid dienone is 2. The van der Waals surface area contributed by atoms with Crippen LogP contribution < -0.4 is 10.3 Å². The normalized spacial score (nSPS) is 34.3. The van der Waals surface area contributed by atoms with Gasteiger partial charge < -0.3 is 34.9 Å². The highest BCUT2D eigenvalue weighted by atomic mass is 16.7. The summed E-state index contributed by atoms with van der Waals surface area (Å²) in [5.41, 5.74) is 4.53. The van der Waals surface area contributed by atoms with Crippen LogP contribution in [-0.4, -0.2) is 68.9 Å². The Bertz CT molecular complexity index is 1300. The molecule has 1 saturated heterocycles. The van der Waals surface area contributed by atoms with Crippen LogP contribution in [0.3, 0.4) is 0 Å². The lowest BCUT2D eigenvalue weighted by atomic mass is 9.63. The largest absolute Gasteiger partial charge is 0.462 e. The molecule has 2 aliphatic carbocycles. The number of benzene rings is 1. The Morgan fingerprint density at radius 2 is 1.89 bits per heavy atom. The number of fused-ring (bicyclic) bond motifs is 4. The Hall–Kier alpha value is -3.08. The second kappa shape index (κ2) is 10.00. The van der Waals surface area contributed by atoms with Crippen molar-refractivity contribution in [3.63, 3.8) is 0 Å². The second-order valence-corrected chi connectivity index (χ2v) is 9.96. The molecule has 2 heterocycles. The van der Waals surface area contributed by atoms with E-state index in [1.165, 1.54) is 11.1 Å². The number of nitrogens with zero attached hydrogens (tertiary/aromatic N) is 1. The van der Waals surface area contributed by atoms with Gasteiger partial charge >= 0.3 is 0 Å². The molecule has 0 saturated carbocycles. The Labute approximate surface area is 214 Å². The molecule has 5 N–H and O–H groups in total. The van der Waals surface area contributed by atoms with Gasteiger partial charge in [0.1, 0.15) is 35.7 Å². The first-order chi connectivity index (χ1) is 17.8. The second-order valence-electron chi connectivity index (χ2n) is 9.96. The molecule has 2 unspecified atom stereocenters. The number of aromatic nitrogens is 1. The average molecular weight is 509 g/mol. The summed E-state index contributed by atoms with van der Waals surface area (Å²) in [6.07, 6.45) is 0.955. The van der Waals surface area contributed by atoms with Crippen molar-refractivity contribution in [3.05, 3.63) is 86.9 Å². The molecule has 9 nitrogen and oxygen atoms in total. The van der Waals surface area contributed by atoms with Gasteiger partial charge in [-0.3, -0.25) is 9.79 Å². The number of aromatic amines is 1. The van der Waals surface area contributed by atoms with Crippen LogP contribution in [-0.2, 0) is 16.7 Å². The molecule has 0 spiro atoms. The summed E-state index contributed by atoms with van der Waals surface area (Å²) in [5.74, 6) is 0.557. The van der Waals surface area contributed by atoms with Crippen molar-refractivity contribution in [2.24, 2.45) is 10.9 Å². The fourth-order valence-electron chi connectivity index (χ4n) is 5.77. The zero-order chi connectivity index (χ0) is 26.3. The first-order valence-corrected chi connectivity index (χ1v) is 12.4. The van der Waals surface area contributed by atoms with E-state index in [2.05, 4.69) is 24.1 Å². The van der Waals surface area contributed by atoms with E-state index < -0.39 is 42.9 Å². The Kier molecular flexibility index (Phi) is 6.91. The monoisotopic (exact) mass is 508 g/mol. The number of aliphatic hydroxyl groups excluding tert-OH is 4. The van der Waals surface area contributed by atoms with Crippen LogP contribution in [0.4, 0.5) is 0 Å². The maximum Gasteiger partial charge on any atom is 0.248 e. The maximum atomic E-state index is 12.0. The zero-order valence-electron chi connectivity index (χ0n) is 20.7. The smallest absolute Gasteiger partial charge is 0.248 e. The van der Waals surface area contributed by atoms with Gasteiger partial charge in [-0.1, -0.05) is 17.7 Å². The van der Waals surface area contributed by atoms with Crippen molar-refractivity contribution in [1.29, 1.82) is 0 Å². The Balaban J connectivity index is 1.40. The molecular weight excluding hydrogens is 476 g/mol. The van der Waals surface area contributed by atoms with Gasteiger partial charge in [-0.2, -0.15) is 0 Å². The summed E-state index contributed by atoms with van der Waals surface area (Å²) in [5, 5.41) is 39.5. The highest BCUT2D eigenvalue weighted by molar-refractivity contribution is 5.81. The summed E-state index contributed by atoms with van der Waals surface area (Å²) < 4.78 is 11.1. The molecule has 37 heavy (non-hydrogen) atoms. The van der Waals surface area contributed by atoms with E-state index in [-0.39, 0.29) is 11.5 Å². The molecule has 1 aromatic carbocycles. The molecule has 9 heteroatoms. The van der Waals surface area contributed by atoms with Gasteiger partial charge in [0, 0.05) is 35.9 Å². The van der Waals surface area contributed by atoms with Gasteiger partial charge in [0.2, 0.25) is 11.8 Å². The molecule has 2 aromatic rings. The van der Waals surface area contributed by atoms with E-state index in [0.29, 0.717) is 5.75 Å². The predicted octanol–water partition coefficient (Wildman–Crippen LogP) is 1.34. The van der Waals surface area contributed by atoms with Crippen LogP contribution >= 0.6 is 0 Å². The lowest BCUT2D eigenvalue weighted by molar-refractivity contribution is -0.277. The van der Waals surface area contributed by atoms with Crippen molar-refractivity contribution in [2.75, 3.05) is 6.61 Å². The lowest BCUT2D eigenvalue weighted by Gasteiger charge is -2.45. The van der Waals surface area contributed by atoms with Crippen molar-refractivity contribution >= 4 is 6.21 Å². The van der Waals surface area contributed by atoms with Crippen molar-refractivity contribution in [3.8, 4) is 5.75 Å². The van der Waals surface area contributed by atoms with Crippen molar-refractivity contribution in [1.82, 2.24) is 4.98 Å². The van der Waals surface area contributed by atoms with E-state index in [4.69, 9.17) is 14.5 Å². The molecule has 0 amide bonds. The summed E-state index contributed by atoms with van der Waals surface area (Å²) in [6.45, 7) is 3.62. The zero-order valence-corrected chi connectivity index (χ0v) is 20.7. The number of hydrogen-bond acceptors (Lipinski definition) is 8. The van der Waals surface area contributed by atoms with Crippen LogP contribution in [0.2, 0.25) is 0 Å². The van der Waals surface area contributed by atoms with E-state index in [1.807, 2.05) is 31.3 Å².